The van der Waals surface area contributed by atoms with Gasteiger partial charge in [-0.25, -0.2) is 4.39 Å². The van der Waals surface area contributed by atoms with Crippen LogP contribution in [-0.4, -0.2) is 11.1 Å². The van der Waals surface area contributed by atoms with E-state index in [4.69, 9.17) is 5.11 Å². The molecule has 0 fully saturated rings. The van der Waals surface area contributed by atoms with Gasteiger partial charge in [-0.2, -0.15) is 0 Å². The molecular formula is C16H15FO2. The lowest BCUT2D eigenvalue weighted by Crippen LogP contribution is -1.96. The zero-order valence-corrected chi connectivity index (χ0v) is 10.5. The Hall–Kier alpha value is -2.16. The van der Waals surface area contributed by atoms with Crippen LogP contribution in [0, 0.1) is 5.82 Å². The van der Waals surface area contributed by atoms with Crippen molar-refractivity contribution in [2.24, 2.45) is 0 Å². The van der Waals surface area contributed by atoms with E-state index in [2.05, 4.69) is 0 Å². The Bertz CT molecular complexity index is 578. The van der Waals surface area contributed by atoms with Crippen molar-refractivity contribution in [1.82, 2.24) is 0 Å². The molecule has 0 spiro atoms. The zero-order valence-electron chi connectivity index (χ0n) is 10.5. The third-order valence-corrected chi connectivity index (χ3v) is 2.94. The average molecular weight is 258 g/mol. The van der Waals surface area contributed by atoms with Gasteiger partial charge in [0.05, 0.1) is 0 Å². The molecule has 0 aliphatic rings. The fourth-order valence-electron chi connectivity index (χ4n) is 2.02. The van der Waals surface area contributed by atoms with E-state index in [1.807, 2.05) is 30.3 Å². The molecule has 0 atom stereocenters. The molecule has 19 heavy (non-hydrogen) atoms. The molecule has 2 aromatic rings. The number of aliphatic carboxylic acids is 1. The SMILES string of the molecule is O=C(O)CCCc1cccc(-c2cccc(F)c2)c1. The van der Waals surface area contributed by atoms with Crippen LogP contribution in [0.3, 0.4) is 0 Å². The van der Waals surface area contributed by atoms with Gasteiger partial charge in [-0.05, 0) is 41.7 Å². The Morgan fingerprint density at radius 3 is 2.42 bits per heavy atom. The van der Waals surface area contributed by atoms with Crippen molar-refractivity contribution in [3.63, 3.8) is 0 Å². The van der Waals surface area contributed by atoms with Crippen LogP contribution in [0.25, 0.3) is 11.1 Å². The summed E-state index contributed by atoms with van der Waals surface area (Å²) in [5.74, 6) is -1.03. The summed E-state index contributed by atoms with van der Waals surface area (Å²) < 4.78 is 13.2. The van der Waals surface area contributed by atoms with Gasteiger partial charge in [0.25, 0.3) is 0 Å². The van der Waals surface area contributed by atoms with Crippen LogP contribution in [0.5, 0.6) is 0 Å². The van der Waals surface area contributed by atoms with Crippen LogP contribution in [0.1, 0.15) is 18.4 Å². The normalized spacial score (nSPS) is 10.4. The van der Waals surface area contributed by atoms with Crippen LogP contribution >= 0.6 is 0 Å². The van der Waals surface area contributed by atoms with Gasteiger partial charge in [-0.1, -0.05) is 36.4 Å². The third kappa shape index (κ3) is 3.91. The Balaban J connectivity index is 2.13. The second-order valence-corrected chi connectivity index (χ2v) is 4.46. The minimum absolute atomic E-state index is 0.171. The van der Waals surface area contributed by atoms with E-state index < -0.39 is 5.97 Å². The molecular weight excluding hydrogens is 243 g/mol. The first-order chi connectivity index (χ1) is 9.15. The monoisotopic (exact) mass is 258 g/mol. The van der Waals surface area contributed by atoms with Crippen LogP contribution < -0.4 is 0 Å². The Labute approximate surface area is 111 Å². The lowest BCUT2D eigenvalue weighted by molar-refractivity contribution is -0.137. The molecule has 0 aliphatic carbocycles. The molecule has 0 aliphatic heterocycles. The first kappa shape index (κ1) is 13.3. The number of hydrogen-bond donors (Lipinski definition) is 1. The second kappa shape index (κ2) is 6.14. The van der Waals surface area contributed by atoms with Gasteiger partial charge in [-0.3, -0.25) is 4.79 Å². The number of benzene rings is 2. The molecule has 0 radical (unpaired) electrons. The van der Waals surface area contributed by atoms with E-state index in [0.29, 0.717) is 6.42 Å². The molecule has 0 saturated carbocycles. The molecule has 0 heterocycles. The summed E-state index contributed by atoms with van der Waals surface area (Å²) in [6.45, 7) is 0. The van der Waals surface area contributed by atoms with Crippen molar-refractivity contribution in [1.29, 1.82) is 0 Å². The van der Waals surface area contributed by atoms with E-state index in [9.17, 15) is 9.18 Å². The van der Waals surface area contributed by atoms with Crippen molar-refractivity contribution in [3.8, 4) is 11.1 Å². The predicted octanol–water partition coefficient (Wildman–Crippen LogP) is 3.90. The summed E-state index contributed by atoms with van der Waals surface area (Å²) in [5, 5.41) is 8.61. The molecule has 1 N–H and O–H groups in total. The van der Waals surface area contributed by atoms with Crippen molar-refractivity contribution in [3.05, 3.63) is 59.9 Å². The number of rotatable bonds is 5. The summed E-state index contributed by atoms with van der Waals surface area (Å²) in [6.07, 6.45) is 1.50. The van der Waals surface area contributed by atoms with E-state index in [0.717, 1.165) is 23.1 Å². The fraction of sp³-hybridized carbons (Fsp3) is 0.188. The van der Waals surface area contributed by atoms with Crippen LogP contribution in [0.15, 0.2) is 48.5 Å². The number of hydrogen-bond acceptors (Lipinski definition) is 1. The highest BCUT2D eigenvalue weighted by atomic mass is 19.1. The van der Waals surface area contributed by atoms with Gasteiger partial charge in [0.15, 0.2) is 0 Å². The van der Waals surface area contributed by atoms with Crippen molar-refractivity contribution >= 4 is 5.97 Å². The fourth-order valence-corrected chi connectivity index (χ4v) is 2.02. The largest absolute Gasteiger partial charge is 0.481 e. The van der Waals surface area contributed by atoms with E-state index in [-0.39, 0.29) is 12.2 Å². The Morgan fingerprint density at radius 2 is 1.74 bits per heavy atom. The molecule has 2 nitrogen and oxygen atoms in total. The molecule has 98 valence electrons. The van der Waals surface area contributed by atoms with E-state index in [1.54, 1.807) is 6.07 Å². The van der Waals surface area contributed by atoms with Crippen molar-refractivity contribution < 1.29 is 14.3 Å². The minimum atomic E-state index is -0.777. The van der Waals surface area contributed by atoms with Gasteiger partial charge < -0.3 is 5.11 Å². The third-order valence-electron chi connectivity index (χ3n) is 2.94. The maximum atomic E-state index is 13.2. The molecule has 0 saturated heterocycles. The number of carboxylic acid groups (broad SMARTS) is 1. The highest BCUT2D eigenvalue weighted by Gasteiger charge is 2.02. The molecule has 3 heteroatoms. The maximum Gasteiger partial charge on any atom is 0.303 e. The smallest absolute Gasteiger partial charge is 0.303 e. The summed E-state index contributed by atoms with van der Waals surface area (Å²) in [4.78, 5) is 10.5. The first-order valence-corrected chi connectivity index (χ1v) is 6.22. The number of carbonyl (C=O) groups is 1. The highest BCUT2D eigenvalue weighted by Crippen LogP contribution is 2.21. The van der Waals surface area contributed by atoms with Crippen molar-refractivity contribution in [2.45, 2.75) is 19.3 Å². The van der Waals surface area contributed by atoms with Gasteiger partial charge >= 0.3 is 5.97 Å². The summed E-state index contributed by atoms with van der Waals surface area (Å²) in [5.41, 5.74) is 2.86. The molecule has 2 aromatic carbocycles. The van der Waals surface area contributed by atoms with E-state index >= 15 is 0 Å². The standard InChI is InChI=1S/C16H15FO2/c17-15-8-3-7-14(11-15)13-6-1-4-12(10-13)5-2-9-16(18)19/h1,3-4,6-8,10-11H,2,5,9H2,(H,18,19). The maximum absolute atomic E-state index is 13.2. The Morgan fingerprint density at radius 1 is 1.05 bits per heavy atom. The summed E-state index contributed by atoms with van der Waals surface area (Å²) in [6, 6.07) is 14.2. The predicted molar refractivity (Wildman–Crippen MR) is 72.4 cm³/mol. The number of carboxylic acids is 1. The highest BCUT2D eigenvalue weighted by molar-refractivity contribution is 5.67. The minimum Gasteiger partial charge on any atom is -0.481 e. The molecule has 2 rings (SSSR count). The van der Waals surface area contributed by atoms with Gasteiger partial charge in [0.1, 0.15) is 5.82 Å². The number of aryl methyl sites for hydroxylation is 1. The van der Waals surface area contributed by atoms with Crippen molar-refractivity contribution in [2.75, 3.05) is 0 Å². The summed E-state index contributed by atoms with van der Waals surface area (Å²) >= 11 is 0. The van der Waals surface area contributed by atoms with Crippen LogP contribution in [0.4, 0.5) is 4.39 Å². The summed E-state index contributed by atoms with van der Waals surface area (Å²) in [7, 11) is 0. The van der Waals surface area contributed by atoms with E-state index in [1.165, 1.54) is 12.1 Å². The van der Waals surface area contributed by atoms with Gasteiger partial charge in [0.2, 0.25) is 0 Å². The Kier molecular flexibility index (Phi) is 4.29. The lowest BCUT2D eigenvalue weighted by Gasteiger charge is -2.05. The zero-order chi connectivity index (χ0) is 13.7. The molecule has 0 amide bonds. The molecule has 0 aromatic heterocycles. The topological polar surface area (TPSA) is 37.3 Å². The average Bonchev–Trinajstić information content (AvgIpc) is 2.39. The molecule has 0 unspecified atom stereocenters. The van der Waals surface area contributed by atoms with Gasteiger partial charge in [0, 0.05) is 6.42 Å². The molecule has 0 bridgehead atoms. The lowest BCUT2D eigenvalue weighted by atomic mass is 10.0. The quantitative estimate of drug-likeness (QED) is 0.883. The van der Waals surface area contributed by atoms with Crippen LogP contribution in [-0.2, 0) is 11.2 Å². The van der Waals surface area contributed by atoms with Gasteiger partial charge in [-0.15, -0.1) is 0 Å². The second-order valence-electron chi connectivity index (χ2n) is 4.46. The number of halogens is 1. The first-order valence-electron chi connectivity index (χ1n) is 6.22. The van der Waals surface area contributed by atoms with Crippen LogP contribution in [0.2, 0.25) is 0 Å².